The third kappa shape index (κ3) is 4.68. The number of rotatable bonds is 7. The van der Waals surface area contributed by atoms with E-state index >= 15 is 0 Å². The molecule has 0 atom stereocenters. The monoisotopic (exact) mass is 430 g/mol. The third-order valence-corrected chi connectivity index (χ3v) is 4.87. The molecule has 0 radical (unpaired) electrons. The van der Waals surface area contributed by atoms with Gasteiger partial charge in [-0.05, 0) is 36.4 Å². The molecular weight excluding hydrogens is 416 g/mol. The Hall–Kier alpha value is -4.03. The van der Waals surface area contributed by atoms with Crippen molar-refractivity contribution < 1.29 is 22.8 Å². The van der Waals surface area contributed by atoms with Crippen LogP contribution in [0.4, 0.5) is 34.1 Å². The van der Waals surface area contributed by atoms with E-state index in [0.717, 1.165) is 24.3 Å². The van der Waals surface area contributed by atoms with Crippen molar-refractivity contribution in [3.8, 4) is 0 Å². The highest BCUT2D eigenvalue weighted by atomic mass is 32.2. The number of benzene rings is 3. The number of anilines is 4. The van der Waals surface area contributed by atoms with Crippen LogP contribution in [-0.4, -0.2) is 22.8 Å². The smallest absolute Gasteiger partial charge is 0.299 e. The van der Waals surface area contributed by atoms with Crippen LogP contribution in [0.25, 0.3) is 0 Å². The Balaban J connectivity index is 2.02. The van der Waals surface area contributed by atoms with Crippen molar-refractivity contribution in [2.45, 2.75) is 4.90 Å². The van der Waals surface area contributed by atoms with Gasteiger partial charge in [-0.15, -0.1) is 0 Å². The quantitative estimate of drug-likeness (QED) is 0.282. The molecule has 3 N–H and O–H groups in total. The average molecular weight is 430 g/mol. The number of hydrogen-bond acceptors (Lipinski definition) is 8. The first-order chi connectivity index (χ1) is 14.1. The summed E-state index contributed by atoms with van der Waals surface area (Å²) in [4.78, 5) is 20.0. The summed E-state index contributed by atoms with van der Waals surface area (Å²) in [5, 5.41) is 27.7. The average Bonchev–Trinajstić information content (AvgIpc) is 2.69. The van der Waals surface area contributed by atoms with Crippen LogP contribution in [0.5, 0.6) is 0 Å². The van der Waals surface area contributed by atoms with Crippen molar-refractivity contribution >= 4 is 44.2 Å². The maximum atomic E-state index is 11.9. The van der Waals surface area contributed by atoms with Crippen molar-refractivity contribution in [3.05, 3.63) is 87.0 Å². The zero-order valence-electron chi connectivity index (χ0n) is 15.1. The predicted molar refractivity (Wildman–Crippen MR) is 109 cm³/mol. The number of para-hydroxylation sites is 1. The number of nitro benzene ring substituents is 2. The minimum absolute atomic E-state index is 0.145. The highest BCUT2D eigenvalue weighted by Crippen LogP contribution is 2.34. The van der Waals surface area contributed by atoms with E-state index in [0.29, 0.717) is 11.4 Å². The fraction of sp³-hybridized carbons (Fsp3) is 0. The van der Waals surface area contributed by atoms with Gasteiger partial charge in [0.05, 0.1) is 21.6 Å². The Morgan fingerprint density at radius 2 is 1.43 bits per heavy atom. The summed E-state index contributed by atoms with van der Waals surface area (Å²) in [6.07, 6.45) is 0. The molecule has 0 unspecified atom stereocenters. The third-order valence-electron chi connectivity index (χ3n) is 3.98. The topological polar surface area (TPSA) is 165 Å². The summed E-state index contributed by atoms with van der Waals surface area (Å²) in [7, 11) is -4.70. The van der Waals surface area contributed by atoms with E-state index in [-0.39, 0.29) is 11.4 Å². The summed E-state index contributed by atoms with van der Waals surface area (Å²) < 4.78 is 33.4. The Morgan fingerprint density at radius 1 is 0.767 bits per heavy atom. The van der Waals surface area contributed by atoms with E-state index in [4.69, 9.17) is 0 Å². The number of nitrogens with zero attached hydrogens (tertiary/aromatic N) is 2. The summed E-state index contributed by atoms with van der Waals surface area (Å²) in [5.41, 5.74) is -0.433. The van der Waals surface area contributed by atoms with Crippen molar-refractivity contribution in [2.75, 3.05) is 10.6 Å². The molecule has 0 heterocycles. The molecule has 3 aromatic rings. The number of non-ortho nitro benzene ring substituents is 1. The molecule has 11 nitrogen and oxygen atoms in total. The van der Waals surface area contributed by atoms with Crippen LogP contribution in [-0.2, 0) is 10.1 Å². The van der Waals surface area contributed by atoms with E-state index in [1.807, 2.05) is 0 Å². The van der Waals surface area contributed by atoms with Gasteiger partial charge in [0.1, 0.15) is 10.6 Å². The van der Waals surface area contributed by atoms with Crippen LogP contribution in [0.15, 0.2) is 71.6 Å². The van der Waals surface area contributed by atoms with Gasteiger partial charge in [0.15, 0.2) is 0 Å². The predicted octanol–water partition coefficient (Wildman–Crippen LogP) is 4.24. The molecule has 3 aromatic carbocycles. The second-order valence-electron chi connectivity index (χ2n) is 6.02. The van der Waals surface area contributed by atoms with Gasteiger partial charge < -0.3 is 10.6 Å². The van der Waals surface area contributed by atoms with E-state index < -0.39 is 36.2 Å². The van der Waals surface area contributed by atoms with Gasteiger partial charge in [0, 0.05) is 17.4 Å². The highest BCUT2D eigenvalue weighted by Gasteiger charge is 2.22. The number of hydrogen-bond donors (Lipinski definition) is 3. The number of nitro groups is 2. The second-order valence-corrected chi connectivity index (χ2v) is 7.41. The van der Waals surface area contributed by atoms with Crippen LogP contribution < -0.4 is 10.6 Å². The number of nitrogens with one attached hydrogen (secondary N) is 2. The molecule has 0 spiro atoms. The van der Waals surface area contributed by atoms with E-state index in [1.165, 1.54) is 12.1 Å². The Morgan fingerprint density at radius 3 is 2.03 bits per heavy atom. The normalized spacial score (nSPS) is 11.0. The van der Waals surface area contributed by atoms with Crippen LogP contribution in [0.3, 0.4) is 0 Å². The lowest BCUT2D eigenvalue weighted by Crippen LogP contribution is -2.06. The molecule has 30 heavy (non-hydrogen) atoms. The molecular formula is C18H14N4O7S. The maximum Gasteiger partial charge on any atom is 0.299 e. The largest absolute Gasteiger partial charge is 0.355 e. The summed E-state index contributed by atoms with van der Waals surface area (Å²) in [6.45, 7) is 0. The minimum Gasteiger partial charge on any atom is -0.355 e. The molecule has 3 rings (SSSR count). The lowest BCUT2D eigenvalue weighted by atomic mass is 10.2. The van der Waals surface area contributed by atoms with Crippen molar-refractivity contribution in [3.63, 3.8) is 0 Å². The van der Waals surface area contributed by atoms with Crippen LogP contribution >= 0.6 is 0 Å². The first kappa shape index (κ1) is 20.7. The molecule has 0 amide bonds. The van der Waals surface area contributed by atoms with Gasteiger partial charge in [0.25, 0.3) is 21.5 Å². The molecule has 0 aromatic heterocycles. The van der Waals surface area contributed by atoms with Gasteiger partial charge in [-0.25, -0.2) is 0 Å². The van der Waals surface area contributed by atoms with Crippen LogP contribution in [0, 0.1) is 20.2 Å². The van der Waals surface area contributed by atoms with Gasteiger partial charge in [-0.3, -0.25) is 24.8 Å². The molecule has 154 valence electrons. The molecule has 0 aliphatic rings. The summed E-state index contributed by atoms with van der Waals surface area (Å²) in [5.74, 6) is 0. The SMILES string of the molecule is O=[N+]([O-])c1ccc(Nc2ccc(Nc3ccccc3)cc2S(=O)(=O)O)c([N+](=O)[O-])c1. The van der Waals surface area contributed by atoms with Crippen molar-refractivity contribution in [2.24, 2.45) is 0 Å². The molecule has 0 fully saturated rings. The zero-order valence-corrected chi connectivity index (χ0v) is 15.9. The lowest BCUT2D eigenvalue weighted by Gasteiger charge is -2.13. The van der Waals surface area contributed by atoms with Gasteiger partial charge in [-0.2, -0.15) is 8.42 Å². The highest BCUT2D eigenvalue weighted by molar-refractivity contribution is 7.86. The minimum atomic E-state index is -4.70. The van der Waals surface area contributed by atoms with Crippen molar-refractivity contribution in [1.82, 2.24) is 0 Å². The first-order valence-electron chi connectivity index (χ1n) is 8.28. The molecule has 0 saturated heterocycles. The molecule has 0 aliphatic heterocycles. The van der Waals surface area contributed by atoms with Gasteiger partial charge in [-0.1, -0.05) is 18.2 Å². The molecule has 0 aliphatic carbocycles. The summed E-state index contributed by atoms with van der Waals surface area (Å²) >= 11 is 0. The first-order valence-corrected chi connectivity index (χ1v) is 9.72. The summed E-state index contributed by atoms with van der Waals surface area (Å²) in [6, 6.07) is 15.7. The second kappa shape index (κ2) is 8.14. The fourth-order valence-corrected chi connectivity index (χ4v) is 3.31. The van der Waals surface area contributed by atoms with E-state index in [2.05, 4.69) is 10.6 Å². The Bertz CT molecular complexity index is 1230. The van der Waals surface area contributed by atoms with Crippen LogP contribution in [0.2, 0.25) is 0 Å². The Labute approximate surface area is 170 Å². The van der Waals surface area contributed by atoms with Gasteiger partial charge >= 0.3 is 0 Å². The van der Waals surface area contributed by atoms with Gasteiger partial charge in [0.2, 0.25) is 0 Å². The van der Waals surface area contributed by atoms with Crippen molar-refractivity contribution in [1.29, 1.82) is 0 Å². The van der Waals surface area contributed by atoms with Crippen LogP contribution in [0.1, 0.15) is 0 Å². The Kier molecular flexibility index (Phi) is 5.62. The maximum absolute atomic E-state index is 11.9. The molecule has 0 saturated carbocycles. The van der Waals surface area contributed by atoms with E-state index in [1.54, 1.807) is 30.3 Å². The fourth-order valence-electron chi connectivity index (χ4n) is 2.64. The molecule has 12 heteroatoms. The van der Waals surface area contributed by atoms with E-state index in [9.17, 15) is 33.2 Å². The standard InChI is InChI=1S/C18H14N4O7S/c23-21(24)14-7-9-15(17(11-14)22(25)26)20-16-8-6-13(10-18(16)30(27,28)29)19-12-4-2-1-3-5-12/h1-11,19-20H,(H,27,28,29). The zero-order chi connectivity index (χ0) is 21.9. The molecule has 0 bridgehead atoms. The lowest BCUT2D eigenvalue weighted by molar-refractivity contribution is -0.393.